The molecular weight excluding hydrogens is 344 g/mol. The van der Waals surface area contributed by atoms with Crippen LogP contribution < -0.4 is 5.43 Å². The third-order valence-electron chi connectivity index (χ3n) is 3.41. The Labute approximate surface area is 147 Å². The van der Waals surface area contributed by atoms with Gasteiger partial charge in [0, 0.05) is 5.02 Å². The number of rotatable bonds is 4. The number of halogens is 1. The van der Waals surface area contributed by atoms with Crippen LogP contribution in [0.1, 0.15) is 22.8 Å². The summed E-state index contributed by atoms with van der Waals surface area (Å²) in [7, 11) is 0. The van der Waals surface area contributed by atoms with Crippen molar-refractivity contribution in [2.75, 3.05) is 0 Å². The molecule has 1 amide bonds. The molecule has 0 spiro atoms. The van der Waals surface area contributed by atoms with E-state index in [1.807, 2.05) is 24.3 Å². The van der Waals surface area contributed by atoms with E-state index in [2.05, 4.69) is 26.1 Å². The summed E-state index contributed by atoms with van der Waals surface area (Å²) in [6, 6.07) is 11.6. The van der Waals surface area contributed by atoms with Crippen LogP contribution in [0.25, 0.3) is 5.69 Å². The van der Waals surface area contributed by atoms with Crippen LogP contribution in [0.15, 0.2) is 53.9 Å². The van der Waals surface area contributed by atoms with Crippen LogP contribution in [0.2, 0.25) is 5.02 Å². The molecule has 0 aliphatic rings. The molecule has 8 nitrogen and oxygen atoms in total. The van der Waals surface area contributed by atoms with Crippen molar-refractivity contribution in [2.45, 2.75) is 6.92 Å². The van der Waals surface area contributed by atoms with Crippen LogP contribution in [0.3, 0.4) is 0 Å². The highest BCUT2D eigenvalue weighted by Gasteiger charge is 2.11. The van der Waals surface area contributed by atoms with Gasteiger partial charge in [-0.3, -0.25) is 4.79 Å². The van der Waals surface area contributed by atoms with Gasteiger partial charge in [0.25, 0.3) is 5.91 Å². The fraction of sp³-hybridized carbons (Fsp3) is 0.0625. The first-order valence-corrected chi connectivity index (χ1v) is 7.59. The number of aromatic nitrogens is 4. The SMILES string of the molecule is C/C(=N\NC(=O)c1cc(Cl)ccc1O)c1cccc(-n2cnnn2)c1. The molecule has 2 aromatic carbocycles. The standard InChI is InChI=1S/C16H13ClN6O2/c1-10(11-3-2-4-13(7-11)23-9-18-21-22-23)19-20-16(25)14-8-12(17)5-6-15(14)24/h2-9,24H,1H3,(H,20,25)/b19-10+. The Bertz CT molecular complexity index is 940. The Kier molecular flexibility index (Phi) is 4.71. The van der Waals surface area contributed by atoms with Crippen LogP contribution in [-0.2, 0) is 0 Å². The lowest BCUT2D eigenvalue weighted by molar-refractivity contribution is 0.0952. The number of aromatic hydroxyl groups is 1. The Balaban J connectivity index is 1.79. The average molecular weight is 357 g/mol. The van der Waals surface area contributed by atoms with Crippen molar-refractivity contribution in [3.05, 3.63) is 64.9 Å². The van der Waals surface area contributed by atoms with Crippen molar-refractivity contribution >= 4 is 23.2 Å². The number of phenols is 1. The Morgan fingerprint density at radius 1 is 1.28 bits per heavy atom. The molecule has 126 valence electrons. The van der Waals surface area contributed by atoms with Gasteiger partial charge in [0.1, 0.15) is 12.1 Å². The lowest BCUT2D eigenvalue weighted by Crippen LogP contribution is -2.19. The number of hydrazone groups is 1. The summed E-state index contributed by atoms with van der Waals surface area (Å²) in [4.78, 5) is 12.1. The number of carbonyl (C=O) groups excluding carboxylic acids is 1. The first kappa shape index (κ1) is 16.6. The van der Waals surface area contributed by atoms with Gasteiger partial charge in [-0.15, -0.1) is 5.10 Å². The monoisotopic (exact) mass is 356 g/mol. The summed E-state index contributed by atoms with van der Waals surface area (Å²) < 4.78 is 1.51. The number of carbonyl (C=O) groups is 1. The molecule has 2 N–H and O–H groups in total. The number of hydrogen-bond donors (Lipinski definition) is 2. The molecule has 0 saturated carbocycles. The van der Waals surface area contributed by atoms with Crippen molar-refractivity contribution in [3.63, 3.8) is 0 Å². The minimum Gasteiger partial charge on any atom is -0.507 e. The Morgan fingerprint density at radius 2 is 2.12 bits per heavy atom. The van der Waals surface area contributed by atoms with Crippen LogP contribution in [-0.4, -0.2) is 36.9 Å². The Hall–Kier alpha value is -3.26. The molecule has 0 saturated heterocycles. The molecule has 3 aromatic rings. The van der Waals surface area contributed by atoms with E-state index in [0.29, 0.717) is 10.7 Å². The largest absolute Gasteiger partial charge is 0.507 e. The summed E-state index contributed by atoms with van der Waals surface area (Å²) in [6.07, 6.45) is 1.48. The third-order valence-corrected chi connectivity index (χ3v) is 3.64. The maximum atomic E-state index is 12.1. The maximum Gasteiger partial charge on any atom is 0.275 e. The minimum atomic E-state index is -0.559. The molecule has 1 heterocycles. The zero-order valence-electron chi connectivity index (χ0n) is 13.1. The second-order valence-electron chi connectivity index (χ2n) is 5.10. The molecule has 25 heavy (non-hydrogen) atoms. The summed E-state index contributed by atoms with van der Waals surface area (Å²) in [5.74, 6) is -0.730. The van der Waals surface area contributed by atoms with Gasteiger partial charge in [-0.2, -0.15) is 5.10 Å². The van der Waals surface area contributed by atoms with Crippen LogP contribution >= 0.6 is 11.6 Å². The van der Waals surface area contributed by atoms with Crippen molar-refractivity contribution < 1.29 is 9.90 Å². The van der Waals surface area contributed by atoms with Crippen molar-refractivity contribution in [3.8, 4) is 11.4 Å². The fourth-order valence-corrected chi connectivity index (χ4v) is 2.27. The van der Waals surface area contributed by atoms with Gasteiger partial charge in [-0.25, -0.2) is 10.1 Å². The summed E-state index contributed by atoms with van der Waals surface area (Å²) >= 11 is 5.84. The summed E-state index contributed by atoms with van der Waals surface area (Å²) in [6.45, 7) is 1.75. The summed E-state index contributed by atoms with van der Waals surface area (Å²) in [5, 5.41) is 25.2. The molecule has 0 fully saturated rings. The lowest BCUT2D eigenvalue weighted by atomic mass is 10.1. The van der Waals surface area contributed by atoms with Gasteiger partial charge >= 0.3 is 0 Å². The van der Waals surface area contributed by atoms with Gasteiger partial charge in [0.15, 0.2) is 0 Å². The molecule has 0 bridgehead atoms. The Morgan fingerprint density at radius 3 is 2.88 bits per heavy atom. The first-order chi connectivity index (χ1) is 12.0. The first-order valence-electron chi connectivity index (χ1n) is 7.21. The molecule has 1 aromatic heterocycles. The lowest BCUT2D eigenvalue weighted by Gasteiger charge is -2.06. The van der Waals surface area contributed by atoms with Crippen molar-refractivity contribution in [1.29, 1.82) is 0 Å². The highest BCUT2D eigenvalue weighted by molar-refractivity contribution is 6.31. The number of tetrazole rings is 1. The van der Waals surface area contributed by atoms with Gasteiger partial charge in [-0.05, 0) is 53.2 Å². The predicted molar refractivity (Wildman–Crippen MR) is 91.9 cm³/mol. The second kappa shape index (κ2) is 7.10. The highest BCUT2D eigenvalue weighted by atomic mass is 35.5. The normalized spacial score (nSPS) is 11.4. The smallest absolute Gasteiger partial charge is 0.275 e. The third kappa shape index (κ3) is 3.81. The van der Waals surface area contributed by atoms with Crippen molar-refractivity contribution in [1.82, 2.24) is 25.6 Å². The van der Waals surface area contributed by atoms with Gasteiger partial charge in [-0.1, -0.05) is 23.7 Å². The molecule has 3 rings (SSSR count). The maximum absolute atomic E-state index is 12.1. The number of nitrogens with one attached hydrogen (secondary N) is 1. The van der Waals surface area contributed by atoms with E-state index < -0.39 is 5.91 Å². The zero-order chi connectivity index (χ0) is 17.8. The second-order valence-corrected chi connectivity index (χ2v) is 5.54. The van der Waals surface area contributed by atoms with Crippen LogP contribution in [0.4, 0.5) is 0 Å². The van der Waals surface area contributed by atoms with E-state index in [4.69, 9.17) is 11.6 Å². The fourth-order valence-electron chi connectivity index (χ4n) is 2.10. The minimum absolute atomic E-state index is 0.0477. The highest BCUT2D eigenvalue weighted by Crippen LogP contribution is 2.21. The molecule has 9 heteroatoms. The van der Waals surface area contributed by atoms with Gasteiger partial charge < -0.3 is 5.11 Å². The van der Waals surface area contributed by atoms with E-state index in [1.165, 1.54) is 29.2 Å². The molecule has 0 unspecified atom stereocenters. The number of benzene rings is 2. The van der Waals surface area contributed by atoms with E-state index in [-0.39, 0.29) is 11.3 Å². The van der Waals surface area contributed by atoms with Gasteiger partial charge in [0.2, 0.25) is 0 Å². The van der Waals surface area contributed by atoms with E-state index >= 15 is 0 Å². The number of amides is 1. The van der Waals surface area contributed by atoms with E-state index in [1.54, 1.807) is 6.92 Å². The number of nitrogens with zero attached hydrogens (tertiary/aromatic N) is 5. The molecule has 0 aliphatic heterocycles. The molecule has 0 aliphatic carbocycles. The predicted octanol–water partition coefficient (Wildman–Crippen LogP) is 2.18. The molecule has 0 radical (unpaired) electrons. The topological polar surface area (TPSA) is 105 Å². The quantitative estimate of drug-likeness (QED) is 0.550. The van der Waals surface area contributed by atoms with E-state index in [0.717, 1.165) is 11.3 Å². The molecular formula is C16H13ClN6O2. The number of hydrogen-bond acceptors (Lipinski definition) is 6. The molecule has 0 atom stereocenters. The zero-order valence-corrected chi connectivity index (χ0v) is 13.8. The van der Waals surface area contributed by atoms with E-state index in [9.17, 15) is 9.90 Å². The average Bonchev–Trinajstić information content (AvgIpc) is 3.16. The summed E-state index contributed by atoms with van der Waals surface area (Å²) in [5.41, 5.74) is 4.57. The van der Waals surface area contributed by atoms with Crippen LogP contribution in [0.5, 0.6) is 5.75 Å². The van der Waals surface area contributed by atoms with Gasteiger partial charge in [0.05, 0.1) is 17.0 Å². The van der Waals surface area contributed by atoms with Crippen molar-refractivity contribution in [2.24, 2.45) is 5.10 Å². The number of phenolic OH excluding ortho intramolecular Hbond substituents is 1. The van der Waals surface area contributed by atoms with Crippen LogP contribution in [0, 0.1) is 0 Å².